The van der Waals surface area contributed by atoms with Crippen molar-refractivity contribution in [3.05, 3.63) is 29.3 Å². The molecule has 2 fully saturated rings. The summed E-state index contributed by atoms with van der Waals surface area (Å²) in [6, 6.07) is 7.15. The van der Waals surface area contributed by atoms with Gasteiger partial charge in [0.05, 0.1) is 6.04 Å². The van der Waals surface area contributed by atoms with Crippen LogP contribution >= 0.6 is 11.6 Å². The van der Waals surface area contributed by atoms with Gasteiger partial charge in [0, 0.05) is 24.0 Å². The number of carbonyl (C=O) groups is 2. The third kappa shape index (κ3) is 3.67. The van der Waals surface area contributed by atoms with Crippen molar-refractivity contribution in [3.63, 3.8) is 0 Å². The zero-order chi connectivity index (χ0) is 14.8. The van der Waals surface area contributed by atoms with Crippen molar-refractivity contribution in [2.24, 2.45) is 0 Å². The van der Waals surface area contributed by atoms with Gasteiger partial charge < -0.3 is 15.0 Å². The lowest BCUT2D eigenvalue weighted by Gasteiger charge is -2.16. The van der Waals surface area contributed by atoms with Crippen molar-refractivity contribution in [3.8, 4) is 5.75 Å². The van der Waals surface area contributed by atoms with Gasteiger partial charge in [0.2, 0.25) is 5.91 Å². The molecule has 1 atom stereocenters. The summed E-state index contributed by atoms with van der Waals surface area (Å²) in [7, 11) is 0. The summed E-state index contributed by atoms with van der Waals surface area (Å²) in [6.45, 7) is 0.561. The molecule has 1 saturated heterocycles. The Bertz CT molecular complexity index is 542. The lowest BCUT2D eigenvalue weighted by molar-refractivity contribution is -0.128. The SMILES string of the molecule is O=C(COc1ccc(Cl)cc1)NC1CC(=O)N(C2CC2)C1. The topological polar surface area (TPSA) is 58.6 Å². The Balaban J connectivity index is 1.44. The summed E-state index contributed by atoms with van der Waals surface area (Å²) >= 11 is 5.77. The number of rotatable bonds is 5. The number of amides is 2. The van der Waals surface area contributed by atoms with Crippen LogP contribution in [0.3, 0.4) is 0 Å². The molecule has 2 aliphatic rings. The summed E-state index contributed by atoms with van der Waals surface area (Å²) in [4.78, 5) is 25.5. The van der Waals surface area contributed by atoms with E-state index in [-0.39, 0.29) is 24.5 Å². The Kier molecular flexibility index (Phi) is 4.01. The average Bonchev–Trinajstić information content (AvgIpc) is 3.23. The summed E-state index contributed by atoms with van der Waals surface area (Å²) in [6.07, 6.45) is 2.57. The van der Waals surface area contributed by atoms with Gasteiger partial charge in [0.25, 0.3) is 5.91 Å². The van der Waals surface area contributed by atoms with Crippen molar-refractivity contribution in [1.82, 2.24) is 10.2 Å². The first-order valence-corrected chi connectivity index (χ1v) is 7.47. The van der Waals surface area contributed by atoms with E-state index < -0.39 is 0 Å². The summed E-state index contributed by atoms with van der Waals surface area (Å²) in [5.41, 5.74) is 0. The number of carbonyl (C=O) groups excluding carboxylic acids is 2. The Morgan fingerprint density at radius 3 is 2.71 bits per heavy atom. The molecule has 1 aliphatic carbocycles. The third-order valence-corrected chi connectivity index (χ3v) is 3.95. The average molecular weight is 309 g/mol. The molecule has 1 heterocycles. The number of nitrogens with one attached hydrogen (secondary N) is 1. The van der Waals surface area contributed by atoms with Gasteiger partial charge in [-0.3, -0.25) is 9.59 Å². The number of benzene rings is 1. The molecule has 1 aromatic rings. The fourth-order valence-corrected chi connectivity index (χ4v) is 2.64. The van der Waals surface area contributed by atoms with Gasteiger partial charge in [-0.05, 0) is 37.1 Å². The summed E-state index contributed by atoms with van der Waals surface area (Å²) < 4.78 is 5.38. The lowest BCUT2D eigenvalue weighted by Crippen LogP contribution is -2.40. The highest BCUT2D eigenvalue weighted by Gasteiger charge is 2.39. The minimum Gasteiger partial charge on any atom is -0.484 e. The van der Waals surface area contributed by atoms with Gasteiger partial charge in [-0.15, -0.1) is 0 Å². The normalized spacial score (nSPS) is 21.5. The van der Waals surface area contributed by atoms with Crippen LogP contribution in [0.25, 0.3) is 0 Å². The first kappa shape index (κ1) is 14.2. The van der Waals surface area contributed by atoms with E-state index in [0.29, 0.717) is 29.8 Å². The van der Waals surface area contributed by atoms with E-state index in [2.05, 4.69) is 5.32 Å². The minimum atomic E-state index is -0.208. The molecule has 0 radical (unpaired) electrons. The molecule has 5 nitrogen and oxygen atoms in total. The van der Waals surface area contributed by atoms with Crippen LogP contribution in [0.5, 0.6) is 5.75 Å². The van der Waals surface area contributed by atoms with E-state index in [1.54, 1.807) is 24.3 Å². The van der Waals surface area contributed by atoms with Gasteiger partial charge in [-0.25, -0.2) is 0 Å². The Labute approximate surface area is 128 Å². The van der Waals surface area contributed by atoms with E-state index in [1.165, 1.54) is 0 Å². The predicted molar refractivity (Wildman–Crippen MR) is 78.2 cm³/mol. The number of hydrogen-bond donors (Lipinski definition) is 1. The minimum absolute atomic E-state index is 0.0598. The van der Waals surface area contributed by atoms with Crippen LogP contribution in [-0.2, 0) is 9.59 Å². The van der Waals surface area contributed by atoms with Crippen molar-refractivity contribution in [2.45, 2.75) is 31.3 Å². The van der Waals surface area contributed by atoms with Crippen LogP contribution < -0.4 is 10.1 Å². The zero-order valence-corrected chi connectivity index (χ0v) is 12.3. The van der Waals surface area contributed by atoms with Gasteiger partial charge >= 0.3 is 0 Å². The molecular weight excluding hydrogens is 292 g/mol. The van der Waals surface area contributed by atoms with Gasteiger partial charge in [-0.1, -0.05) is 11.6 Å². The zero-order valence-electron chi connectivity index (χ0n) is 11.5. The molecular formula is C15H17ClN2O3. The van der Waals surface area contributed by atoms with Crippen LogP contribution in [0, 0.1) is 0 Å². The van der Waals surface area contributed by atoms with Crippen LogP contribution in [0.1, 0.15) is 19.3 Å². The van der Waals surface area contributed by atoms with E-state index in [1.807, 2.05) is 4.90 Å². The molecule has 112 valence electrons. The number of ether oxygens (including phenoxy) is 1. The Morgan fingerprint density at radius 2 is 2.05 bits per heavy atom. The molecule has 1 saturated carbocycles. The molecule has 6 heteroatoms. The van der Waals surface area contributed by atoms with Crippen molar-refractivity contribution >= 4 is 23.4 Å². The monoisotopic (exact) mass is 308 g/mol. The smallest absolute Gasteiger partial charge is 0.258 e. The maximum absolute atomic E-state index is 11.8. The van der Waals surface area contributed by atoms with Gasteiger partial charge in [0.15, 0.2) is 6.61 Å². The van der Waals surface area contributed by atoms with E-state index in [4.69, 9.17) is 16.3 Å². The molecule has 3 rings (SSSR count). The fraction of sp³-hybridized carbons (Fsp3) is 0.467. The van der Waals surface area contributed by atoms with Crippen molar-refractivity contribution in [1.29, 1.82) is 0 Å². The second-order valence-electron chi connectivity index (χ2n) is 5.49. The van der Waals surface area contributed by atoms with Crippen LogP contribution in [0.2, 0.25) is 5.02 Å². The maximum Gasteiger partial charge on any atom is 0.258 e. The summed E-state index contributed by atoms with van der Waals surface area (Å²) in [5, 5.41) is 3.47. The Morgan fingerprint density at radius 1 is 1.33 bits per heavy atom. The highest BCUT2D eigenvalue weighted by Crippen LogP contribution is 2.30. The van der Waals surface area contributed by atoms with E-state index in [9.17, 15) is 9.59 Å². The van der Waals surface area contributed by atoms with Crippen molar-refractivity contribution in [2.75, 3.05) is 13.2 Å². The lowest BCUT2D eigenvalue weighted by atomic mass is 10.2. The van der Waals surface area contributed by atoms with Crippen LogP contribution in [0.15, 0.2) is 24.3 Å². The van der Waals surface area contributed by atoms with Crippen LogP contribution in [-0.4, -0.2) is 41.9 Å². The first-order chi connectivity index (χ1) is 10.1. The fourth-order valence-electron chi connectivity index (χ4n) is 2.52. The molecule has 0 aromatic heterocycles. The molecule has 1 aromatic carbocycles. The van der Waals surface area contributed by atoms with Crippen LogP contribution in [0.4, 0.5) is 0 Å². The molecule has 1 aliphatic heterocycles. The van der Waals surface area contributed by atoms with Gasteiger partial charge in [-0.2, -0.15) is 0 Å². The molecule has 21 heavy (non-hydrogen) atoms. The van der Waals surface area contributed by atoms with E-state index >= 15 is 0 Å². The van der Waals surface area contributed by atoms with Crippen molar-refractivity contribution < 1.29 is 14.3 Å². The first-order valence-electron chi connectivity index (χ1n) is 7.09. The van der Waals surface area contributed by atoms with E-state index in [0.717, 1.165) is 12.8 Å². The Hall–Kier alpha value is -1.75. The second-order valence-corrected chi connectivity index (χ2v) is 5.92. The number of nitrogens with zero attached hydrogens (tertiary/aromatic N) is 1. The standard InChI is InChI=1S/C15H17ClN2O3/c16-10-1-5-13(6-2-10)21-9-14(19)17-11-7-15(20)18(8-11)12-3-4-12/h1-2,5-6,11-12H,3-4,7-9H2,(H,17,19). The highest BCUT2D eigenvalue weighted by molar-refractivity contribution is 6.30. The molecule has 0 bridgehead atoms. The second kappa shape index (κ2) is 5.93. The largest absolute Gasteiger partial charge is 0.484 e. The summed E-state index contributed by atoms with van der Waals surface area (Å²) in [5.74, 6) is 0.526. The quantitative estimate of drug-likeness (QED) is 0.899. The highest BCUT2D eigenvalue weighted by atomic mass is 35.5. The number of likely N-dealkylation sites (tertiary alicyclic amines) is 1. The molecule has 1 unspecified atom stereocenters. The molecule has 0 spiro atoms. The predicted octanol–water partition coefficient (Wildman–Crippen LogP) is 1.60. The number of halogens is 1. The number of hydrogen-bond acceptors (Lipinski definition) is 3. The maximum atomic E-state index is 11.8. The molecule has 2 amide bonds. The third-order valence-electron chi connectivity index (χ3n) is 3.69. The van der Waals surface area contributed by atoms with Gasteiger partial charge in [0.1, 0.15) is 5.75 Å². The molecule has 1 N–H and O–H groups in total.